The fourth-order valence-electron chi connectivity index (χ4n) is 1.69. The minimum Gasteiger partial charge on any atom is -0.399 e. The van der Waals surface area contributed by atoms with E-state index in [-0.39, 0.29) is 11.5 Å². The molecule has 0 atom stereocenters. The maximum atomic E-state index is 12.3. The second kappa shape index (κ2) is 5.37. The smallest absolute Gasteiger partial charge is 0.291 e. The SMILES string of the molecule is Cc1ccnc(NS(=O)(=O)c2ccc(N)cc2[N+](=O)[O-])c1. The number of nitro benzene ring substituents is 1. The summed E-state index contributed by atoms with van der Waals surface area (Å²) in [5.41, 5.74) is 5.77. The topological polar surface area (TPSA) is 128 Å². The maximum Gasteiger partial charge on any atom is 0.291 e. The molecule has 0 fully saturated rings. The van der Waals surface area contributed by atoms with Crippen LogP contribution in [0.5, 0.6) is 0 Å². The van der Waals surface area contributed by atoms with Crippen molar-refractivity contribution in [3.05, 3.63) is 52.2 Å². The molecule has 0 saturated carbocycles. The van der Waals surface area contributed by atoms with Crippen molar-refractivity contribution >= 4 is 27.2 Å². The number of aryl methyl sites for hydroxylation is 1. The molecule has 1 aromatic heterocycles. The van der Waals surface area contributed by atoms with Crippen LogP contribution in [0.3, 0.4) is 0 Å². The maximum absolute atomic E-state index is 12.3. The standard InChI is InChI=1S/C12H12N4O4S/c1-8-4-5-14-12(6-8)15-21(19,20)11-3-2-9(13)7-10(11)16(17)18/h2-7H,13H2,1H3,(H,14,15). The van der Waals surface area contributed by atoms with Crippen LogP contribution in [-0.4, -0.2) is 18.3 Å². The van der Waals surface area contributed by atoms with E-state index in [1.165, 1.54) is 18.3 Å². The van der Waals surface area contributed by atoms with E-state index in [2.05, 4.69) is 9.71 Å². The molecule has 0 spiro atoms. The van der Waals surface area contributed by atoms with Gasteiger partial charge in [-0.3, -0.25) is 14.8 Å². The van der Waals surface area contributed by atoms with Gasteiger partial charge in [0.1, 0.15) is 5.82 Å². The number of hydrogen-bond donors (Lipinski definition) is 2. The van der Waals surface area contributed by atoms with Crippen molar-refractivity contribution in [3.63, 3.8) is 0 Å². The normalized spacial score (nSPS) is 11.1. The lowest BCUT2D eigenvalue weighted by Gasteiger charge is -2.08. The summed E-state index contributed by atoms with van der Waals surface area (Å²) in [6.07, 6.45) is 1.44. The van der Waals surface area contributed by atoms with Crippen molar-refractivity contribution in [2.24, 2.45) is 0 Å². The van der Waals surface area contributed by atoms with Gasteiger partial charge in [0.05, 0.1) is 4.92 Å². The summed E-state index contributed by atoms with van der Waals surface area (Å²) in [7, 11) is -4.13. The van der Waals surface area contributed by atoms with Gasteiger partial charge in [-0.2, -0.15) is 0 Å². The molecule has 0 bridgehead atoms. The zero-order chi connectivity index (χ0) is 15.6. The van der Waals surface area contributed by atoms with Crippen LogP contribution in [0.1, 0.15) is 5.56 Å². The molecule has 3 N–H and O–H groups in total. The summed E-state index contributed by atoms with van der Waals surface area (Å²) >= 11 is 0. The molecule has 1 heterocycles. The van der Waals surface area contributed by atoms with Gasteiger partial charge in [0.2, 0.25) is 0 Å². The third-order valence-corrected chi connectivity index (χ3v) is 4.03. The highest BCUT2D eigenvalue weighted by molar-refractivity contribution is 7.92. The number of nitrogens with zero attached hydrogens (tertiary/aromatic N) is 2. The largest absolute Gasteiger partial charge is 0.399 e. The molecule has 0 aliphatic heterocycles. The van der Waals surface area contributed by atoms with Gasteiger partial charge in [-0.15, -0.1) is 0 Å². The minimum atomic E-state index is -4.13. The molecule has 0 aliphatic rings. The van der Waals surface area contributed by atoms with E-state index < -0.39 is 25.5 Å². The minimum absolute atomic E-state index is 0.0844. The number of nitrogen functional groups attached to an aromatic ring is 1. The third kappa shape index (κ3) is 3.26. The molecule has 2 aromatic rings. The van der Waals surface area contributed by atoms with Crippen molar-refractivity contribution in [3.8, 4) is 0 Å². The number of aromatic nitrogens is 1. The molecule has 1 aromatic carbocycles. The number of nitrogens with one attached hydrogen (secondary N) is 1. The van der Waals surface area contributed by atoms with Crippen LogP contribution in [0, 0.1) is 17.0 Å². The Morgan fingerprint density at radius 1 is 1.29 bits per heavy atom. The Morgan fingerprint density at radius 3 is 2.62 bits per heavy atom. The predicted molar refractivity (Wildman–Crippen MR) is 77.3 cm³/mol. The van der Waals surface area contributed by atoms with E-state index in [1.807, 2.05) is 0 Å². The van der Waals surface area contributed by atoms with Crippen LogP contribution in [0.2, 0.25) is 0 Å². The Morgan fingerprint density at radius 2 is 2.00 bits per heavy atom. The zero-order valence-corrected chi connectivity index (χ0v) is 11.8. The lowest BCUT2D eigenvalue weighted by molar-refractivity contribution is -0.387. The first kappa shape index (κ1) is 14.7. The Bertz CT molecular complexity index is 805. The van der Waals surface area contributed by atoms with Crippen LogP contribution in [0.25, 0.3) is 0 Å². The van der Waals surface area contributed by atoms with E-state index in [0.29, 0.717) is 0 Å². The zero-order valence-electron chi connectivity index (χ0n) is 11.0. The lowest BCUT2D eigenvalue weighted by atomic mass is 10.3. The number of rotatable bonds is 4. The van der Waals surface area contributed by atoms with Crippen LogP contribution in [0.15, 0.2) is 41.4 Å². The number of nitrogens with two attached hydrogens (primary N) is 1. The number of sulfonamides is 1. The summed E-state index contributed by atoms with van der Waals surface area (Å²) in [4.78, 5) is 13.6. The summed E-state index contributed by atoms with van der Waals surface area (Å²) in [6.45, 7) is 1.77. The molecular formula is C12H12N4O4S. The van der Waals surface area contributed by atoms with Crippen molar-refractivity contribution in [2.45, 2.75) is 11.8 Å². The quantitative estimate of drug-likeness (QED) is 0.502. The Hall–Kier alpha value is -2.68. The molecule has 0 aliphatic carbocycles. The molecule has 0 saturated heterocycles. The van der Waals surface area contributed by atoms with Gasteiger partial charge in [-0.1, -0.05) is 0 Å². The lowest BCUT2D eigenvalue weighted by Crippen LogP contribution is -2.15. The van der Waals surface area contributed by atoms with Gasteiger partial charge in [0.15, 0.2) is 4.90 Å². The molecule has 0 unspecified atom stereocenters. The van der Waals surface area contributed by atoms with Gasteiger partial charge in [-0.05, 0) is 36.8 Å². The first-order chi connectivity index (χ1) is 9.79. The summed E-state index contributed by atoms with van der Waals surface area (Å²) in [5.74, 6) is 0.0844. The molecular weight excluding hydrogens is 296 g/mol. The second-order valence-electron chi connectivity index (χ2n) is 4.31. The summed E-state index contributed by atoms with van der Waals surface area (Å²) in [5, 5.41) is 11.0. The molecule has 21 heavy (non-hydrogen) atoms. The number of anilines is 2. The number of pyridine rings is 1. The van der Waals surface area contributed by atoms with Crippen molar-refractivity contribution in [1.29, 1.82) is 0 Å². The fourth-order valence-corrected chi connectivity index (χ4v) is 2.84. The molecule has 0 radical (unpaired) electrons. The van der Waals surface area contributed by atoms with Gasteiger partial charge >= 0.3 is 0 Å². The number of hydrogen-bond acceptors (Lipinski definition) is 6. The van der Waals surface area contributed by atoms with E-state index in [4.69, 9.17) is 5.73 Å². The predicted octanol–water partition coefficient (Wildman–Crippen LogP) is 1.68. The van der Waals surface area contributed by atoms with Crippen molar-refractivity contribution < 1.29 is 13.3 Å². The van der Waals surface area contributed by atoms with Crippen LogP contribution < -0.4 is 10.5 Å². The average Bonchev–Trinajstić information content (AvgIpc) is 2.37. The average molecular weight is 308 g/mol. The van der Waals surface area contributed by atoms with E-state index >= 15 is 0 Å². The Labute approximate surface area is 120 Å². The number of benzene rings is 1. The van der Waals surface area contributed by atoms with Crippen molar-refractivity contribution in [2.75, 3.05) is 10.5 Å². The first-order valence-electron chi connectivity index (χ1n) is 5.79. The molecule has 110 valence electrons. The Kier molecular flexibility index (Phi) is 3.76. The van der Waals surface area contributed by atoms with E-state index in [0.717, 1.165) is 17.7 Å². The van der Waals surface area contributed by atoms with E-state index in [1.54, 1.807) is 13.0 Å². The van der Waals surface area contributed by atoms with Crippen molar-refractivity contribution in [1.82, 2.24) is 4.98 Å². The molecule has 0 amide bonds. The van der Waals surface area contributed by atoms with Crippen LogP contribution in [-0.2, 0) is 10.0 Å². The summed E-state index contributed by atoms with van der Waals surface area (Å²) < 4.78 is 26.7. The van der Waals surface area contributed by atoms with E-state index in [9.17, 15) is 18.5 Å². The number of nitro groups is 1. The summed E-state index contributed by atoms with van der Waals surface area (Å²) in [6, 6.07) is 6.58. The second-order valence-corrected chi connectivity index (χ2v) is 5.96. The highest BCUT2D eigenvalue weighted by atomic mass is 32.2. The monoisotopic (exact) mass is 308 g/mol. The Balaban J connectivity index is 2.47. The van der Waals surface area contributed by atoms with Gasteiger partial charge < -0.3 is 5.73 Å². The van der Waals surface area contributed by atoms with Gasteiger partial charge in [0.25, 0.3) is 15.7 Å². The van der Waals surface area contributed by atoms with Crippen LogP contribution in [0.4, 0.5) is 17.2 Å². The fraction of sp³-hybridized carbons (Fsp3) is 0.0833. The first-order valence-corrected chi connectivity index (χ1v) is 7.27. The molecule has 9 heteroatoms. The molecule has 2 rings (SSSR count). The van der Waals surface area contributed by atoms with Crippen LogP contribution >= 0.6 is 0 Å². The highest BCUT2D eigenvalue weighted by Crippen LogP contribution is 2.27. The van der Waals surface area contributed by atoms with Gasteiger partial charge in [-0.25, -0.2) is 13.4 Å². The molecule has 8 nitrogen and oxygen atoms in total. The third-order valence-electron chi connectivity index (χ3n) is 2.62. The van der Waals surface area contributed by atoms with Gasteiger partial charge in [0, 0.05) is 18.0 Å². The highest BCUT2D eigenvalue weighted by Gasteiger charge is 2.26.